The Morgan fingerprint density at radius 3 is 2.48 bits per heavy atom. The van der Waals surface area contributed by atoms with Crippen LogP contribution in [0.2, 0.25) is 5.02 Å². The van der Waals surface area contributed by atoms with Gasteiger partial charge in [-0.15, -0.1) is 0 Å². The second-order valence-corrected chi connectivity index (χ2v) is 7.47. The Kier molecular flexibility index (Phi) is 8.26. The molecule has 0 saturated carbocycles. The van der Waals surface area contributed by atoms with Crippen LogP contribution in [-0.4, -0.2) is 49.6 Å². The second-order valence-electron chi connectivity index (χ2n) is 5.55. The number of aliphatic imine (C=N–C) groups is 1. The summed E-state index contributed by atoms with van der Waals surface area (Å²) in [5, 5.41) is 9.73. The van der Waals surface area contributed by atoms with E-state index in [1.54, 1.807) is 43.1 Å². The molecule has 5 nitrogen and oxygen atoms in total. The Morgan fingerprint density at radius 1 is 1.22 bits per heavy atom. The maximum Gasteiger partial charge on any atom is 0.252 e. The van der Waals surface area contributed by atoms with Gasteiger partial charge in [0, 0.05) is 31.4 Å². The highest BCUT2D eigenvalue weighted by atomic mass is 35.5. The van der Waals surface area contributed by atoms with Crippen LogP contribution in [0.25, 0.3) is 0 Å². The molecule has 1 amide bonds. The number of hydrogen-bond acceptors (Lipinski definition) is 3. The SMILES string of the molecule is CN=C(NCCNC(=O)c1ccccc1Cl)NCC(C)(C)SC. The standard InChI is InChI=1S/C16H25ClN4OS/c1-16(2,23-4)11-21-15(18-3)20-10-9-19-14(22)12-7-5-6-8-13(12)17/h5-8H,9-11H2,1-4H3,(H,19,22)(H2,18,20,21). The largest absolute Gasteiger partial charge is 0.355 e. The summed E-state index contributed by atoms with van der Waals surface area (Å²) in [4.78, 5) is 16.2. The molecule has 0 radical (unpaired) electrons. The van der Waals surface area contributed by atoms with E-state index in [0.717, 1.165) is 12.5 Å². The topological polar surface area (TPSA) is 65.5 Å². The minimum atomic E-state index is -0.177. The highest BCUT2D eigenvalue weighted by Crippen LogP contribution is 2.19. The first-order valence-corrected chi connectivity index (χ1v) is 9.02. The summed E-state index contributed by atoms with van der Waals surface area (Å²) in [7, 11) is 1.73. The fourth-order valence-electron chi connectivity index (χ4n) is 1.69. The minimum absolute atomic E-state index is 0.135. The number of guanidine groups is 1. The number of nitrogens with zero attached hydrogens (tertiary/aromatic N) is 1. The number of amides is 1. The van der Waals surface area contributed by atoms with E-state index in [1.165, 1.54) is 0 Å². The average molecular weight is 357 g/mol. The van der Waals surface area contributed by atoms with Gasteiger partial charge < -0.3 is 16.0 Å². The van der Waals surface area contributed by atoms with E-state index >= 15 is 0 Å². The molecule has 7 heteroatoms. The lowest BCUT2D eigenvalue weighted by Gasteiger charge is -2.23. The normalized spacial score (nSPS) is 12.0. The van der Waals surface area contributed by atoms with Gasteiger partial charge in [-0.2, -0.15) is 11.8 Å². The quantitative estimate of drug-likeness (QED) is 0.398. The number of benzene rings is 1. The lowest BCUT2D eigenvalue weighted by Crippen LogP contribution is -2.45. The van der Waals surface area contributed by atoms with Crippen molar-refractivity contribution in [2.75, 3.05) is 32.9 Å². The van der Waals surface area contributed by atoms with E-state index in [0.29, 0.717) is 23.7 Å². The van der Waals surface area contributed by atoms with E-state index in [1.807, 2.05) is 0 Å². The molecule has 0 bridgehead atoms. The van der Waals surface area contributed by atoms with Crippen LogP contribution >= 0.6 is 23.4 Å². The fraction of sp³-hybridized carbons (Fsp3) is 0.500. The van der Waals surface area contributed by atoms with Crippen LogP contribution in [0.1, 0.15) is 24.2 Å². The van der Waals surface area contributed by atoms with Crippen LogP contribution in [0.3, 0.4) is 0 Å². The number of carbonyl (C=O) groups is 1. The van der Waals surface area contributed by atoms with Crippen molar-refractivity contribution in [3.8, 4) is 0 Å². The number of carbonyl (C=O) groups excluding carboxylic acids is 1. The third kappa shape index (κ3) is 7.14. The highest BCUT2D eigenvalue weighted by molar-refractivity contribution is 7.99. The van der Waals surface area contributed by atoms with Crippen molar-refractivity contribution in [1.82, 2.24) is 16.0 Å². The molecule has 0 heterocycles. The molecule has 0 spiro atoms. The molecule has 0 fully saturated rings. The van der Waals surface area contributed by atoms with Gasteiger partial charge in [0.05, 0.1) is 10.6 Å². The molecular weight excluding hydrogens is 332 g/mol. The monoisotopic (exact) mass is 356 g/mol. The molecule has 23 heavy (non-hydrogen) atoms. The van der Waals surface area contributed by atoms with Gasteiger partial charge in [-0.1, -0.05) is 23.7 Å². The van der Waals surface area contributed by atoms with Crippen LogP contribution in [0, 0.1) is 0 Å². The molecule has 1 aromatic rings. The maximum absolute atomic E-state index is 12.0. The predicted octanol–water partition coefficient (Wildman–Crippen LogP) is 2.38. The van der Waals surface area contributed by atoms with E-state index in [9.17, 15) is 4.79 Å². The number of thioether (sulfide) groups is 1. The van der Waals surface area contributed by atoms with Gasteiger partial charge in [0.25, 0.3) is 5.91 Å². The van der Waals surface area contributed by atoms with Crippen molar-refractivity contribution >= 4 is 35.2 Å². The Hall–Kier alpha value is -1.40. The Labute approximate surface area is 147 Å². The number of nitrogens with one attached hydrogen (secondary N) is 3. The Bertz CT molecular complexity index is 549. The van der Waals surface area contributed by atoms with E-state index in [-0.39, 0.29) is 10.7 Å². The molecule has 0 aliphatic heterocycles. The number of hydrogen-bond donors (Lipinski definition) is 3. The van der Waals surface area contributed by atoms with Gasteiger partial charge in [0.15, 0.2) is 5.96 Å². The lowest BCUT2D eigenvalue weighted by molar-refractivity contribution is 0.0954. The van der Waals surface area contributed by atoms with Gasteiger partial charge in [0.1, 0.15) is 0 Å². The van der Waals surface area contributed by atoms with E-state index < -0.39 is 0 Å². The molecule has 128 valence electrons. The molecule has 1 aromatic carbocycles. The molecule has 3 N–H and O–H groups in total. The average Bonchev–Trinajstić information content (AvgIpc) is 2.54. The summed E-state index contributed by atoms with van der Waals surface area (Å²) >= 11 is 7.79. The van der Waals surface area contributed by atoms with Crippen LogP contribution in [0.15, 0.2) is 29.3 Å². The third-order valence-corrected chi connectivity index (χ3v) is 4.86. The van der Waals surface area contributed by atoms with Gasteiger partial charge >= 0.3 is 0 Å². The first-order valence-electron chi connectivity index (χ1n) is 7.42. The first kappa shape index (κ1) is 19.6. The van der Waals surface area contributed by atoms with Crippen molar-refractivity contribution in [2.45, 2.75) is 18.6 Å². The minimum Gasteiger partial charge on any atom is -0.355 e. The Morgan fingerprint density at radius 2 is 1.87 bits per heavy atom. The van der Waals surface area contributed by atoms with Gasteiger partial charge in [-0.3, -0.25) is 9.79 Å². The molecule has 1 rings (SSSR count). The summed E-state index contributed by atoms with van der Waals surface area (Å²) in [6.07, 6.45) is 2.09. The summed E-state index contributed by atoms with van der Waals surface area (Å²) < 4.78 is 0.135. The van der Waals surface area contributed by atoms with Crippen molar-refractivity contribution in [1.29, 1.82) is 0 Å². The molecule has 0 atom stereocenters. The predicted molar refractivity (Wildman–Crippen MR) is 101 cm³/mol. The molecular formula is C16H25ClN4OS. The first-order chi connectivity index (χ1) is 10.9. The number of halogens is 1. The summed E-state index contributed by atoms with van der Waals surface area (Å²) in [6.45, 7) is 6.20. The number of rotatable bonds is 7. The van der Waals surface area contributed by atoms with Crippen molar-refractivity contribution in [3.63, 3.8) is 0 Å². The van der Waals surface area contributed by atoms with Crippen LogP contribution in [0.5, 0.6) is 0 Å². The lowest BCUT2D eigenvalue weighted by atomic mass is 10.2. The van der Waals surface area contributed by atoms with Crippen LogP contribution < -0.4 is 16.0 Å². The summed E-state index contributed by atoms with van der Waals surface area (Å²) in [5.74, 6) is 0.544. The molecule has 0 aliphatic rings. The van der Waals surface area contributed by atoms with Crippen LogP contribution in [0.4, 0.5) is 0 Å². The Balaban J connectivity index is 2.33. The smallest absolute Gasteiger partial charge is 0.252 e. The fourth-order valence-corrected chi connectivity index (χ4v) is 2.12. The molecule has 0 unspecified atom stereocenters. The van der Waals surface area contributed by atoms with E-state index in [4.69, 9.17) is 11.6 Å². The van der Waals surface area contributed by atoms with Gasteiger partial charge in [-0.25, -0.2) is 0 Å². The van der Waals surface area contributed by atoms with Crippen molar-refractivity contribution in [2.24, 2.45) is 4.99 Å². The molecule has 0 saturated heterocycles. The van der Waals surface area contributed by atoms with Crippen molar-refractivity contribution in [3.05, 3.63) is 34.9 Å². The summed E-state index contributed by atoms with van der Waals surface area (Å²) in [6, 6.07) is 6.99. The maximum atomic E-state index is 12.0. The van der Waals surface area contributed by atoms with Crippen LogP contribution in [-0.2, 0) is 0 Å². The highest BCUT2D eigenvalue weighted by Gasteiger charge is 2.16. The molecule has 0 aromatic heterocycles. The van der Waals surface area contributed by atoms with Gasteiger partial charge in [-0.05, 0) is 32.2 Å². The zero-order valence-corrected chi connectivity index (χ0v) is 15.6. The van der Waals surface area contributed by atoms with E-state index in [2.05, 4.69) is 41.0 Å². The second kappa shape index (κ2) is 9.67. The zero-order valence-electron chi connectivity index (χ0n) is 14.1. The third-order valence-electron chi connectivity index (χ3n) is 3.28. The zero-order chi connectivity index (χ0) is 17.3. The van der Waals surface area contributed by atoms with Gasteiger partial charge in [0.2, 0.25) is 0 Å². The van der Waals surface area contributed by atoms with Crippen molar-refractivity contribution < 1.29 is 4.79 Å². The summed E-state index contributed by atoms with van der Waals surface area (Å²) in [5.41, 5.74) is 0.485. The molecule has 0 aliphatic carbocycles.